The Bertz CT molecular complexity index is 1380. The van der Waals surface area contributed by atoms with Crippen LogP contribution >= 0.6 is 11.6 Å². The van der Waals surface area contributed by atoms with Crippen LogP contribution in [0, 0.1) is 11.7 Å². The molecule has 1 atom stereocenters. The number of benzene rings is 2. The summed E-state index contributed by atoms with van der Waals surface area (Å²) in [5.41, 5.74) is 2.70. The minimum absolute atomic E-state index is 0.105. The molecule has 0 saturated heterocycles. The quantitative estimate of drug-likeness (QED) is 0.122. The van der Waals surface area contributed by atoms with Crippen LogP contribution in [-0.2, 0) is 4.79 Å². The highest BCUT2D eigenvalue weighted by atomic mass is 35.5. The highest BCUT2D eigenvalue weighted by molar-refractivity contribution is 6.30. The first-order chi connectivity index (χ1) is 18.0. The van der Waals surface area contributed by atoms with E-state index in [2.05, 4.69) is 27.4 Å². The van der Waals surface area contributed by atoms with Crippen LogP contribution in [-0.4, -0.2) is 21.2 Å². The molecule has 0 aliphatic carbocycles. The summed E-state index contributed by atoms with van der Waals surface area (Å²) < 4.78 is 20.0. The Morgan fingerprint density at radius 3 is 2.76 bits per heavy atom. The summed E-state index contributed by atoms with van der Waals surface area (Å²) >= 11 is 6.04. The molecule has 192 valence electrons. The van der Waals surface area contributed by atoms with Gasteiger partial charge in [0, 0.05) is 33.9 Å². The number of rotatable bonds is 11. The Morgan fingerprint density at radius 2 is 1.95 bits per heavy atom. The molecule has 2 heterocycles. The van der Waals surface area contributed by atoms with E-state index < -0.39 is 5.82 Å². The molecular formula is C29H30ClFN4O2. The molecule has 0 amide bonds. The number of aromatic nitrogens is 3. The van der Waals surface area contributed by atoms with Gasteiger partial charge < -0.3 is 10.1 Å². The second kappa shape index (κ2) is 12.6. The molecule has 0 aliphatic heterocycles. The Hall–Kier alpha value is -3.58. The van der Waals surface area contributed by atoms with Crippen LogP contribution in [0.5, 0.6) is 5.75 Å². The van der Waals surface area contributed by atoms with E-state index in [-0.39, 0.29) is 17.5 Å². The highest BCUT2D eigenvalue weighted by Gasteiger charge is 2.19. The number of esters is 1. The molecule has 0 aliphatic rings. The monoisotopic (exact) mass is 520 g/mol. The predicted octanol–water partition coefficient (Wildman–Crippen LogP) is 8.13. The summed E-state index contributed by atoms with van der Waals surface area (Å²) in [6.45, 7) is 4.19. The highest BCUT2D eigenvalue weighted by Crippen LogP contribution is 2.30. The number of halogens is 2. The molecule has 2 aromatic heterocycles. The van der Waals surface area contributed by atoms with Crippen LogP contribution in [0.2, 0.25) is 5.02 Å². The van der Waals surface area contributed by atoms with Gasteiger partial charge in [-0.25, -0.2) is 4.39 Å². The van der Waals surface area contributed by atoms with Crippen molar-refractivity contribution in [1.82, 2.24) is 15.2 Å². The number of anilines is 2. The average Bonchev–Trinajstić information content (AvgIpc) is 2.90. The summed E-state index contributed by atoms with van der Waals surface area (Å²) in [5.74, 6) is -0.264. The lowest BCUT2D eigenvalue weighted by Gasteiger charge is -2.15. The van der Waals surface area contributed by atoms with Crippen LogP contribution in [0.15, 0.2) is 60.9 Å². The lowest BCUT2D eigenvalue weighted by atomic mass is 9.98. The number of carbonyl (C=O) groups is 1. The number of fused-ring (bicyclic) bond motifs is 1. The van der Waals surface area contributed by atoms with Crippen molar-refractivity contribution in [3.8, 4) is 17.0 Å². The Balaban J connectivity index is 1.50. The first-order valence-electron chi connectivity index (χ1n) is 12.6. The van der Waals surface area contributed by atoms with Crippen molar-refractivity contribution in [3.63, 3.8) is 0 Å². The number of ether oxygens (including phenoxy) is 1. The molecule has 1 N–H and O–H groups in total. The third-order valence-corrected chi connectivity index (χ3v) is 6.54. The Labute approximate surface area is 221 Å². The lowest BCUT2D eigenvalue weighted by molar-refractivity contribution is -0.139. The van der Waals surface area contributed by atoms with E-state index in [0.717, 1.165) is 36.8 Å². The zero-order valence-electron chi connectivity index (χ0n) is 21.0. The molecule has 1 unspecified atom stereocenters. The van der Waals surface area contributed by atoms with Crippen molar-refractivity contribution < 1.29 is 13.9 Å². The molecule has 37 heavy (non-hydrogen) atoms. The molecule has 0 radical (unpaired) electrons. The summed E-state index contributed by atoms with van der Waals surface area (Å²) in [6.07, 6.45) is 9.35. The van der Waals surface area contributed by atoms with Crippen molar-refractivity contribution in [2.45, 2.75) is 52.4 Å². The van der Waals surface area contributed by atoms with E-state index in [1.165, 1.54) is 31.0 Å². The molecule has 6 nitrogen and oxygen atoms in total. The fourth-order valence-electron chi connectivity index (χ4n) is 4.22. The van der Waals surface area contributed by atoms with Gasteiger partial charge in [-0.05, 0) is 55.3 Å². The average molecular weight is 521 g/mol. The fourth-order valence-corrected chi connectivity index (χ4v) is 4.39. The van der Waals surface area contributed by atoms with Gasteiger partial charge in [-0.2, -0.15) is 10.2 Å². The molecule has 4 aromatic rings. The molecule has 2 aromatic carbocycles. The van der Waals surface area contributed by atoms with Gasteiger partial charge in [-0.3, -0.25) is 9.78 Å². The summed E-state index contributed by atoms with van der Waals surface area (Å²) in [7, 11) is 0. The number of hydrogen-bond donors (Lipinski definition) is 1. The number of carbonyl (C=O) groups excluding carboxylic acids is 1. The molecule has 0 saturated carbocycles. The Kier molecular flexibility index (Phi) is 9.01. The van der Waals surface area contributed by atoms with Crippen molar-refractivity contribution in [2.75, 3.05) is 5.32 Å². The third kappa shape index (κ3) is 6.80. The number of nitrogens with zero attached hydrogens (tertiary/aromatic N) is 3. The maximum Gasteiger partial charge on any atom is 0.314 e. The zero-order valence-corrected chi connectivity index (χ0v) is 21.8. The van der Waals surface area contributed by atoms with Crippen molar-refractivity contribution in [1.29, 1.82) is 0 Å². The SMILES string of the molecule is CCCCCCC(CC)C(=O)Oc1ccc2c(Nc3cnnc(-c4cc(Cl)ccc4F)c3)ccnc2c1. The minimum atomic E-state index is -0.432. The lowest BCUT2D eigenvalue weighted by Crippen LogP contribution is -2.20. The van der Waals surface area contributed by atoms with E-state index in [1.807, 2.05) is 19.1 Å². The van der Waals surface area contributed by atoms with Gasteiger partial charge in [-0.1, -0.05) is 51.1 Å². The maximum atomic E-state index is 14.3. The molecule has 4 rings (SSSR count). The van der Waals surface area contributed by atoms with Gasteiger partial charge in [0.1, 0.15) is 11.6 Å². The standard InChI is InChI=1S/C29H30ClFN4O2/c1-3-5-6-7-8-19(4-2)29(36)37-22-10-11-23-26(13-14-32-27(23)17-22)34-21-16-28(35-33-18-21)24-15-20(30)9-12-25(24)31/h9-19H,3-8H2,1-2H3,(H,32,34,35). The second-order valence-corrected chi connectivity index (χ2v) is 9.43. The van der Waals surface area contributed by atoms with E-state index in [9.17, 15) is 9.18 Å². The minimum Gasteiger partial charge on any atom is -0.426 e. The second-order valence-electron chi connectivity index (χ2n) is 8.99. The van der Waals surface area contributed by atoms with Crippen LogP contribution in [0.25, 0.3) is 22.2 Å². The summed E-state index contributed by atoms with van der Waals surface area (Å²) in [6, 6.07) is 13.2. The Morgan fingerprint density at radius 1 is 1.08 bits per heavy atom. The van der Waals surface area contributed by atoms with E-state index in [0.29, 0.717) is 27.7 Å². The van der Waals surface area contributed by atoms with E-state index >= 15 is 0 Å². The number of unbranched alkanes of at least 4 members (excludes halogenated alkanes) is 3. The largest absolute Gasteiger partial charge is 0.426 e. The van der Waals surface area contributed by atoms with Crippen molar-refractivity contribution in [2.24, 2.45) is 5.92 Å². The number of nitrogens with one attached hydrogen (secondary N) is 1. The molecule has 0 fully saturated rings. The van der Waals surface area contributed by atoms with E-state index in [4.69, 9.17) is 16.3 Å². The summed E-state index contributed by atoms with van der Waals surface area (Å²) in [5, 5.41) is 12.6. The van der Waals surface area contributed by atoms with Crippen molar-refractivity contribution >= 4 is 39.8 Å². The third-order valence-electron chi connectivity index (χ3n) is 6.30. The van der Waals surface area contributed by atoms with Gasteiger partial charge in [0.05, 0.1) is 29.0 Å². The van der Waals surface area contributed by atoms with Crippen LogP contribution in [0.4, 0.5) is 15.8 Å². The van der Waals surface area contributed by atoms with E-state index in [1.54, 1.807) is 30.6 Å². The first kappa shape index (κ1) is 26.5. The molecule has 0 bridgehead atoms. The smallest absolute Gasteiger partial charge is 0.314 e. The summed E-state index contributed by atoms with van der Waals surface area (Å²) in [4.78, 5) is 17.2. The fraction of sp³-hybridized carbons (Fsp3) is 0.310. The molecule has 8 heteroatoms. The predicted molar refractivity (Wildman–Crippen MR) is 146 cm³/mol. The molecular weight excluding hydrogens is 491 g/mol. The van der Waals surface area contributed by atoms with Gasteiger partial charge in [0.25, 0.3) is 0 Å². The van der Waals surface area contributed by atoms with Gasteiger partial charge in [-0.15, -0.1) is 0 Å². The number of hydrogen-bond acceptors (Lipinski definition) is 6. The van der Waals surface area contributed by atoms with Gasteiger partial charge >= 0.3 is 5.97 Å². The number of pyridine rings is 1. The van der Waals surface area contributed by atoms with Crippen molar-refractivity contribution in [3.05, 3.63) is 71.8 Å². The maximum absolute atomic E-state index is 14.3. The van der Waals surface area contributed by atoms with Crippen LogP contribution in [0.3, 0.4) is 0 Å². The van der Waals surface area contributed by atoms with Gasteiger partial charge in [0.2, 0.25) is 0 Å². The topological polar surface area (TPSA) is 77.0 Å². The molecule has 0 spiro atoms. The first-order valence-corrected chi connectivity index (χ1v) is 13.0. The normalized spacial score (nSPS) is 11.9. The zero-order chi connectivity index (χ0) is 26.2. The van der Waals surface area contributed by atoms with Crippen LogP contribution < -0.4 is 10.1 Å². The van der Waals surface area contributed by atoms with Gasteiger partial charge in [0.15, 0.2) is 0 Å². The van der Waals surface area contributed by atoms with Crippen LogP contribution in [0.1, 0.15) is 52.4 Å².